The van der Waals surface area contributed by atoms with Gasteiger partial charge in [0.2, 0.25) is 0 Å². The van der Waals surface area contributed by atoms with Crippen LogP contribution in [0.15, 0.2) is 0 Å². The molecule has 0 spiro atoms. The lowest BCUT2D eigenvalue weighted by Crippen LogP contribution is -2.38. The van der Waals surface area contributed by atoms with E-state index in [1.165, 1.54) is 38.5 Å². The van der Waals surface area contributed by atoms with Crippen molar-refractivity contribution in [2.24, 2.45) is 5.92 Å². The van der Waals surface area contributed by atoms with Crippen LogP contribution in [0.4, 0.5) is 0 Å². The summed E-state index contributed by atoms with van der Waals surface area (Å²) in [4.78, 5) is 0. The molecule has 0 N–H and O–H groups in total. The molecule has 146 valence electrons. The third kappa shape index (κ3) is 12.7. The fraction of sp³-hybridized carbons (Fsp3) is 1.00. The highest BCUT2D eigenvalue weighted by Gasteiger charge is 2.33. The van der Waals surface area contributed by atoms with Crippen molar-refractivity contribution in [3.63, 3.8) is 0 Å². The topological polar surface area (TPSA) is 18.5 Å². The molecule has 0 aromatic heterocycles. The Balaban J connectivity index is 4.67. The maximum atomic E-state index is 6.37. The summed E-state index contributed by atoms with van der Waals surface area (Å²) < 4.78 is 12.0. The van der Waals surface area contributed by atoms with Crippen molar-refractivity contribution < 1.29 is 9.16 Å². The second-order valence-electron chi connectivity index (χ2n) is 9.41. The van der Waals surface area contributed by atoms with Crippen molar-refractivity contribution in [2.45, 2.75) is 104 Å². The van der Waals surface area contributed by atoms with Gasteiger partial charge in [-0.05, 0) is 50.4 Å². The van der Waals surface area contributed by atoms with E-state index in [0.717, 1.165) is 37.7 Å². The third-order valence-electron chi connectivity index (χ3n) is 4.74. The van der Waals surface area contributed by atoms with Crippen molar-refractivity contribution in [1.29, 1.82) is 0 Å². The Morgan fingerprint density at radius 3 is 1.92 bits per heavy atom. The number of hydrogen-bond donors (Lipinski definition) is 0. The van der Waals surface area contributed by atoms with Gasteiger partial charge >= 0.3 is 0 Å². The minimum Gasteiger partial charge on any atom is -0.417 e. The fourth-order valence-corrected chi connectivity index (χ4v) is 6.88. The van der Waals surface area contributed by atoms with Gasteiger partial charge in [-0.1, -0.05) is 59.2 Å². The molecule has 0 aromatic rings. The van der Waals surface area contributed by atoms with Crippen molar-refractivity contribution in [3.05, 3.63) is 0 Å². The van der Waals surface area contributed by atoms with Gasteiger partial charge in [0, 0.05) is 27.9 Å². The minimum atomic E-state index is -1.43. The van der Waals surface area contributed by atoms with E-state index in [-0.39, 0.29) is 0 Å². The zero-order valence-corrected chi connectivity index (χ0v) is 20.0. The quantitative estimate of drug-likeness (QED) is 0.228. The Bertz CT molecular complexity index is 295. The predicted molar refractivity (Wildman–Crippen MR) is 114 cm³/mol. The Morgan fingerprint density at radius 2 is 1.42 bits per heavy atom. The molecule has 0 aliphatic rings. The number of rotatable bonds is 15. The molecule has 0 radical (unpaired) electrons. The van der Waals surface area contributed by atoms with Crippen molar-refractivity contribution in [3.8, 4) is 0 Å². The first-order chi connectivity index (χ1) is 11.1. The monoisotopic (exact) mass is 374 g/mol. The highest BCUT2D eigenvalue weighted by molar-refractivity contribution is 6.77. The molecular weight excluding hydrogens is 328 g/mol. The molecule has 2 atom stereocenters. The fourth-order valence-electron chi connectivity index (χ4n) is 3.41. The van der Waals surface area contributed by atoms with Crippen LogP contribution in [0.5, 0.6) is 0 Å². The zero-order chi connectivity index (χ0) is 18.6. The van der Waals surface area contributed by atoms with Gasteiger partial charge in [0.15, 0.2) is 8.32 Å². The first-order valence-corrected chi connectivity index (χ1v) is 17.3. The molecule has 24 heavy (non-hydrogen) atoms. The Labute approximate surface area is 155 Å². The van der Waals surface area contributed by atoms with Crippen LogP contribution in [0.1, 0.15) is 58.8 Å². The van der Waals surface area contributed by atoms with Gasteiger partial charge in [0.1, 0.15) is 0 Å². The molecule has 4 heteroatoms. The lowest BCUT2D eigenvalue weighted by molar-refractivity contribution is 0.127. The summed E-state index contributed by atoms with van der Waals surface area (Å²) >= 11 is 0. The van der Waals surface area contributed by atoms with Crippen LogP contribution in [-0.2, 0) is 9.16 Å². The molecule has 0 bridgehead atoms. The Hall–Kier alpha value is 0.354. The van der Waals surface area contributed by atoms with Crippen LogP contribution >= 0.6 is 0 Å². The first-order valence-electron chi connectivity index (χ1n) is 10.3. The van der Waals surface area contributed by atoms with Crippen molar-refractivity contribution in [2.75, 3.05) is 19.8 Å². The van der Waals surface area contributed by atoms with Gasteiger partial charge < -0.3 is 9.16 Å². The van der Waals surface area contributed by atoms with Crippen LogP contribution < -0.4 is 0 Å². The molecule has 2 nitrogen and oxygen atoms in total. The summed E-state index contributed by atoms with van der Waals surface area (Å²) in [6.07, 6.45) is 9.02. The van der Waals surface area contributed by atoms with E-state index < -0.39 is 16.4 Å². The normalized spacial score (nSPS) is 15.5. The number of hydrogen-bond acceptors (Lipinski definition) is 2. The molecule has 0 heterocycles. The Kier molecular flexibility index (Phi) is 12.9. The summed E-state index contributed by atoms with van der Waals surface area (Å²) in [7, 11) is -2.59. The van der Waals surface area contributed by atoms with E-state index >= 15 is 0 Å². The highest BCUT2D eigenvalue weighted by atomic mass is 28.4. The molecule has 0 amide bonds. The third-order valence-corrected chi connectivity index (χ3v) is 8.76. The highest BCUT2D eigenvalue weighted by Crippen LogP contribution is 2.38. The lowest BCUT2D eigenvalue weighted by atomic mass is 9.95. The van der Waals surface area contributed by atoms with E-state index in [0.29, 0.717) is 0 Å². The second-order valence-corrected chi connectivity index (χ2v) is 19.4. The van der Waals surface area contributed by atoms with E-state index in [9.17, 15) is 0 Å². The van der Waals surface area contributed by atoms with Crippen LogP contribution in [-0.4, -0.2) is 36.2 Å². The zero-order valence-electron chi connectivity index (χ0n) is 18.0. The lowest BCUT2D eigenvalue weighted by Gasteiger charge is -2.37. The van der Waals surface area contributed by atoms with E-state index in [2.05, 4.69) is 53.1 Å². The maximum Gasteiger partial charge on any atom is 0.183 e. The van der Waals surface area contributed by atoms with E-state index in [1.807, 2.05) is 0 Å². The molecule has 0 saturated heterocycles. The van der Waals surface area contributed by atoms with Crippen LogP contribution in [0, 0.1) is 5.92 Å². The summed E-state index contributed by atoms with van der Waals surface area (Å²) in [5, 5.41) is 0. The average Bonchev–Trinajstić information content (AvgIpc) is 2.45. The maximum absolute atomic E-state index is 6.37. The van der Waals surface area contributed by atoms with Gasteiger partial charge in [-0.3, -0.25) is 0 Å². The predicted octanol–water partition coefficient (Wildman–Crippen LogP) is 6.95. The van der Waals surface area contributed by atoms with Gasteiger partial charge in [0.25, 0.3) is 0 Å². The van der Waals surface area contributed by atoms with Crippen LogP contribution in [0.2, 0.25) is 44.8 Å². The van der Waals surface area contributed by atoms with Gasteiger partial charge in [-0.25, -0.2) is 0 Å². The minimum absolute atomic E-state index is 0.751. The Morgan fingerprint density at radius 1 is 0.750 bits per heavy atom. The van der Waals surface area contributed by atoms with Gasteiger partial charge in [0.05, 0.1) is 0 Å². The largest absolute Gasteiger partial charge is 0.417 e. The van der Waals surface area contributed by atoms with E-state index in [1.54, 1.807) is 0 Å². The second kappa shape index (κ2) is 12.7. The van der Waals surface area contributed by atoms with Gasteiger partial charge in [-0.15, -0.1) is 0 Å². The molecule has 0 aliphatic heterocycles. The standard InChI is InChI=1S/C20H46O2Si2/c1-9-11-15-20(23(3,4)5)19(18-22-24(6,7)8)14-12-13-17-21-16-10-2/h19-20H,9-18H2,1-8H3. The molecule has 2 unspecified atom stereocenters. The smallest absolute Gasteiger partial charge is 0.183 e. The summed E-state index contributed by atoms with van der Waals surface area (Å²) in [6, 6.07) is 0. The van der Waals surface area contributed by atoms with Crippen LogP contribution in [0.25, 0.3) is 0 Å². The summed E-state index contributed by atoms with van der Waals surface area (Å²) in [6.45, 7) is 21.9. The van der Waals surface area contributed by atoms with Crippen molar-refractivity contribution >= 4 is 16.4 Å². The molecule has 0 rings (SSSR count). The average molecular weight is 375 g/mol. The summed E-state index contributed by atoms with van der Waals surface area (Å²) in [5.74, 6) is 0.751. The molecule has 0 aliphatic carbocycles. The van der Waals surface area contributed by atoms with Crippen molar-refractivity contribution in [1.82, 2.24) is 0 Å². The number of ether oxygens (including phenoxy) is 1. The number of unbranched alkanes of at least 4 members (excludes halogenated alkanes) is 2. The van der Waals surface area contributed by atoms with Gasteiger partial charge in [-0.2, -0.15) is 0 Å². The molecular formula is C20H46O2Si2. The molecule has 0 saturated carbocycles. The molecule has 0 fully saturated rings. The molecule has 0 aromatic carbocycles. The van der Waals surface area contributed by atoms with E-state index in [4.69, 9.17) is 9.16 Å². The summed E-state index contributed by atoms with van der Waals surface area (Å²) in [5.41, 5.74) is 0.894. The SMILES string of the molecule is CCCCC(C(CCCCOCCC)CO[Si](C)(C)C)[Si](C)(C)C. The van der Waals surface area contributed by atoms with Crippen LogP contribution in [0.3, 0.4) is 0 Å². The first kappa shape index (κ1) is 24.4.